The highest BCUT2D eigenvalue weighted by molar-refractivity contribution is 5.94. The molecule has 1 amide bonds. The Kier molecular flexibility index (Phi) is 8.62. The highest BCUT2D eigenvalue weighted by atomic mass is 16.1. The summed E-state index contributed by atoms with van der Waals surface area (Å²) in [6.45, 7) is 2.93. The molecule has 1 aromatic rings. The van der Waals surface area contributed by atoms with E-state index in [0.717, 1.165) is 32.4 Å². The van der Waals surface area contributed by atoms with E-state index in [1.54, 1.807) is 0 Å². The van der Waals surface area contributed by atoms with Gasteiger partial charge in [0.2, 0.25) is 0 Å². The summed E-state index contributed by atoms with van der Waals surface area (Å²) < 4.78 is 0. The summed E-state index contributed by atoms with van der Waals surface area (Å²) >= 11 is 0. The molecule has 0 aliphatic carbocycles. The molecular weight excluding hydrogens is 252 g/mol. The number of carbonyl (C=O) groups is 1. The number of carbonyl (C=O) groups excluding carboxylic acids is 1. The molecule has 0 fully saturated rings. The second kappa shape index (κ2) is 10.4. The number of benzene rings is 1. The summed E-state index contributed by atoms with van der Waals surface area (Å²) in [6.07, 6.45) is 2.92. The van der Waals surface area contributed by atoms with Crippen LogP contribution in [0, 0.1) is 0 Å². The normalized spacial score (nSPS) is 12.1. The fourth-order valence-electron chi connectivity index (χ4n) is 1.92. The van der Waals surface area contributed by atoms with Crippen molar-refractivity contribution in [3.8, 4) is 0 Å². The number of rotatable bonds is 10. The van der Waals surface area contributed by atoms with Gasteiger partial charge in [0.05, 0.1) is 0 Å². The third-order valence-electron chi connectivity index (χ3n) is 3.05. The third kappa shape index (κ3) is 7.23. The van der Waals surface area contributed by atoms with Crippen molar-refractivity contribution in [3.63, 3.8) is 0 Å². The monoisotopic (exact) mass is 278 g/mol. The molecule has 0 aliphatic heterocycles. The maximum atomic E-state index is 11.8. The van der Waals surface area contributed by atoms with E-state index >= 15 is 0 Å². The first-order valence-corrected chi connectivity index (χ1v) is 7.23. The lowest BCUT2D eigenvalue weighted by molar-refractivity contribution is 0.0953. The van der Waals surface area contributed by atoms with Crippen molar-refractivity contribution < 1.29 is 4.79 Å². The molecule has 1 aromatic carbocycles. The van der Waals surface area contributed by atoms with E-state index in [4.69, 9.17) is 11.5 Å². The van der Waals surface area contributed by atoms with E-state index in [2.05, 4.69) is 10.6 Å². The standard InChI is InChI=1S/C15H26N4O/c16-9-11-18-12-14(17)8-4-5-10-19-15(20)13-6-2-1-3-7-13/h1-3,6-7,14,18H,4-5,8-12,16-17H2,(H,19,20)/t14-/m0/s1. The van der Waals surface area contributed by atoms with Crippen molar-refractivity contribution in [1.29, 1.82) is 0 Å². The van der Waals surface area contributed by atoms with Crippen LogP contribution in [-0.2, 0) is 0 Å². The van der Waals surface area contributed by atoms with Crippen LogP contribution in [0.25, 0.3) is 0 Å². The van der Waals surface area contributed by atoms with E-state index in [-0.39, 0.29) is 11.9 Å². The topological polar surface area (TPSA) is 93.2 Å². The molecule has 0 heterocycles. The van der Waals surface area contributed by atoms with Crippen molar-refractivity contribution in [2.24, 2.45) is 11.5 Å². The second-order valence-electron chi connectivity index (χ2n) is 4.87. The highest BCUT2D eigenvalue weighted by Gasteiger charge is 2.04. The van der Waals surface area contributed by atoms with E-state index in [1.165, 1.54) is 0 Å². The molecule has 0 bridgehead atoms. The smallest absolute Gasteiger partial charge is 0.251 e. The van der Waals surface area contributed by atoms with Gasteiger partial charge in [-0.25, -0.2) is 0 Å². The van der Waals surface area contributed by atoms with Gasteiger partial charge >= 0.3 is 0 Å². The summed E-state index contributed by atoms with van der Waals surface area (Å²) in [5, 5.41) is 6.11. The highest BCUT2D eigenvalue weighted by Crippen LogP contribution is 2.00. The maximum Gasteiger partial charge on any atom is 0.251 e. The van der Waals surface area contributed by atoms with Crippen LogP contribution >= 0.6 is 0 Å². The Morgan fingerprint density at radius 3 is 2.60 bits per heavy atom. The fourth-order valence-corrected chi connectivity index (χ4v) is 1.92. The van der Waals surface area contributed by atoms with Crippen molar-refractivity contribution in [1.82, 2.24) is 10.6 Å². The molecule has 0 unspecified atom stereocenters. The van der Waals surface area contributed by atoms with Crippen LogP contribution in [0.2, 0.25) is 0 Å². The van der Waals surface area contributed by atoms with Crippen LogP contribution in [0.15, 0.2) is 30.3 Å². The molecule has 112 valence electrons. The predicted octanol–water partition coefficient (Wildman–Crippen LogP) is 0.462. The van der Waals surface area contributed by atoms with E-state index in [0.29, 0.717) is 18.7 Å². The van der Waals surface area contributed by atoms with Crippen LogP contribution in [0.1, 0.15) is 29.6 Å². The summed E-state index contributed by atoms with van der Waals surface area (Å²) in [7, 11) is 0. The Balaban J connectivity index is 2.03. The average molecular weight is 278 g/mol. The fraction of sp³-hybridized carbons (Fsp3) is 0.533. The summed E-state index contributed by atoms with van der Waals surface area (Å²) in [5.74, 6) is -0.0143. The van der Waals surface area contributed by atoms with Gasteiger partial charge in [-0.2, -0.15) is 0 Å². The van der Waals surface area contributed by atoms with E-state index in [9.17, 15) is 4.79 Å². The molecular formula is C15H26N4O. The zero-order valence-corrected chi connectivity index (χ0v) is 12.0. The molecule has 1 atom stereocenters. The van der Waals surface area contributed by atoms with E-state index in [1.807, 2.05) is 30.3 Å². The van der Waals surface area contributed by atoms with Crippen molar-refractivity contribution in [3.05, 3.63) is 35.9 Å². The van der Waals surface area contributed by atoms with Gasteiger partial charge in [-0.15, -0.1) is 0 Å². The van der Waals surface area contributed by atoms with Gasteiger partial charge in [0.25, 0.3) is 5.91 Å². The summed E-state index contributed by atoms with van der Waals surface area (Å²) in [6, 6.07) is 9.41. The quantitative estimate of drug-likeness (QED) is 0.468. The number of hydrogen-bond donors (Lipinski definition) is 4. The van der Waals surface area contributed by atoms with Crippen LogP contribution in [0.4, 0.5) is 0 Å². The predicted molar refractivity (Wildman–Crippen MR) is 82.5 cm³/mol. The first kappa shape index (κ1) is 16.6. The number of nitrogens with one attached hydrogen (secondary N) is 2. The van der Waals surface area contributed by atoms with Crippen LogP contribution < -0.4 is 22.1 Å². The van der Waals surface area contributed by atoms with E-state index < -0.39 is 0 Å². The lowest BCUT2D eigenvalue weighted by Gasteiger charge is -2.12. The van der Waals surface area contributed by atoms with Gasteiger partial charge < -0.3 is 22.1 Å². The Morgan fingerprint density at radius 1 is 1.15 bits per heavy atom. The minimum absolute atomic E-state index is 0.0143. The lowest BCUT2D eigenvalue weighted by atomic mass is 10.1. The van der Waals surface area contributed by atoms with Gasteiger partial charge in [-0.3, -0.25) is 4.79 Å². The molecule has 0 radical (unpaired) electrons. The van der Waals surface area contributed by atoms with Gasteiger partial charge in [-0.1, -0.05) is 24.6 Å². The van der Waals surface area contributed by atoms with Crippen LogP contribution in [-0.4, -0.2) is 38.1 Å². The van der Waals surface area contributed by atoms with Crippen molar-refractivity contribution in [2.45, 2.75) is 25.3 Å². The van der Waals surface area contributed by atoms with Gasteiger partial charge in [0.15, 0.2) is 0 Å². The van der Waals surface area contributed by atoms with Crippen LogP contribution in [0.5, 0.6) is 0 Å². The van der Waals surface area contributed by atoms with Crippen molar-refractivity contribution >= 4 is 5.91 Å². The molecule has 0 saturated heterocycles. The minimum Gasteiger partial charge on any atom is -0.352 e. The van der Waals surface area contributed by atoms with Crippen molar-refractivity contribution in [2.75, 3.05) is 26.2 Å². The average Bonchev–Trinajstić information content (AvgIpc) is 2.48. The molecule has 5 nitrogen and oxygen atoms in total. The van der Waals surface area contributed by atoms with Crippen LogP contribution in [0.3, 0.4) is 0 Å². The summed E-state index contributed by atoms with van der Waals surface area (Å²) in [5.41, 5.74) is 12.0. The lowest BCUT2D eigenvalue weighted by Crippen LogP contribution is -2.36. The SMILES string of the molecule is NCCNC[C@@H](N)CCCCNC(=O)c1ccccc1. The van der Waals surface area contributed by atoms with Gasteiger partial charge in [-0.05, 0) is 25.0 Å². The molecule has 0 aromatic heterocycles. The Morgan fingerprint density at radius 2 is 1.90 bits per heavy atom. The first-order valence-electron chi connectivity index (χ1n) is 7.23. The zero-order valence-electron chi connectivity index (χ0n) is 12.0. The Hall–Kier alpha value is -1.43. The second-order valence-corrected chi connectivity index (χ2v) is 4.87. The molecule has 0 aliphatic rings. The number of unbranched alkanes of at least 4 members (excludes halogenated alkanes) is 1. The summed E-state index contributed by atoms with van der Waals surface area (Å²) in [4.78, 5) is 11.8. The molecule has 0 spiro atoms. The number of hydrogen-bond acceptors (Lipinski definition) is 4. The molecule has 20 heavy (non-hydrogen) atoms. The minimum atomic E-state index is -0.0143. The molecule has 0 saturated carbocycles. The Labute approximate surface area is 121 Å². The van der Waals surface area contributed by atoms with Gasteiger partial charge in [0.1, 0.15) is 0 Å². The zero-order chi connectivity index (χ0) is 14.6. The van der Waals surface area contributed by atoms with Gasteiger partial charge in [0, 0.05) is 37.8 Å². The Bertz CT molecular complexity index is 369. The molecule has 1 rings (SSSR count). The first-order chi connectivity index (χ1) is 9.74. The number of nitrogens with two attached hydrogens (primary N) is 2. The maximum absolute atomic E-state index is 11.8. The molecule has 5 heteroatoms. The molecule has 6 N–H and O–H groups in total. The largest absolute Gasteiger partial charge is 0.352 e. The third-order valence-corrected chi connectivity index (χ3v) is 3.05. The number of amides is 1.